The summed E-state index contributed by atoms with van der Waals surface area (Å²) in [6.45, 7) is 5.52. The molecule has 0 aliphatic heterocycles. The zero-order valence-corrected chi connectivity index (χ0v) is 14.1. The van der Waals surface area contributed by atoms with Crippen LogP contribution >= 0.6 is 0 Å². The minimum atomic E-state index is 0.588. The van der Waals surface area contributed by atoms with Gasteiger partial charge in [0, 0.05) is 31.4 Å². The van der Waals surface area contributed by atoms with E-state index in [0.29, 0.717) is 6.04 Å². The number of nitrogens with zero attached hydrogens (tertiary/aromatic N) is 2. The van der Waals surface area contributed by atoms with Crippen LogP contribution in [0, 0.1) is 11.8 Å². The zero-order valence-electron chi connectivity index (χ0n) is 14.1. The lowest BCUT2D eigenvalue weighted by Crippen LogP contribution is -2.38. The van der Waals surface area contributed by atoms with Gasteiger partial charge in [-0.3, -0.25) is 0 Å². The SMILES string of the molecule is CCCCC1CCC(C(Cc2nccn2CC)NC)CC1. The molecule has 0 bridgehead atoms. The molecule has 1 saturated carbocycles. The van der Waals surface area contributed by atoms with E-state index in [4.69, 9.17) is 0 Å². The largest absolute Gasteiger partial charge is 0.335 e. The van der Waals surface area contributed by atoms with E-state index in [-0.39, 0.29) is 0 Å². The summed E-state index contributed by atoms with van der Waals surface area (Å²) in [4.78, 5) is 4.55. The van der Waals surface area contributed by atoms with Crippen LogP contribution in [0.4, 0.5) is 0 Å². The van der Waals surface area contributed by atoms with Crippen LogP contribution < -0.4 is 5.32 Å². The zero-order chi connectivity index (χ0) is 15.1. The van der Waals surface area contributed by atoms with Crippen molar-refractivity contribution in [1.29, 1.82) is 0 Å². The molecule has 1 aliphatic carbocycles. The Morgan fingerprint density at radius 2 is 2.05 bits per heavy atom. The molecule has 3 nitrogen and oxygen atoms in total. The van der Waals surface area contributed by atoms with E-state index in [0.717, 1.165) is 24.8 Å². The molecule has 2 rings (SSSR count). The van der Waals surface area contributed by atoms with Gasteiger partial charge in [0.1, 0.15) is 5.82 Å². The van der Waals surface area contributed by atoms with Gasteiger partial charge >= 0.3 is 0 Å². The summed E-state index contributed by atoms with van der Waals surface area (Å²) in [5.41, 5.74) is 0. The van der Waals surface area contributed by atoms with Crippen molar-refractivity contribution in [1.82, 2.24) is 14.9 Å². The van der Waals surface area contributed by atoms with Gasteiger partial charge in [0.15, 0.2) is 0 Å². The van der Waals surface area contributed by atoms with Gasteiger partial charge in [-0.2, -0.15) is 0 Å². The predicted molar refractivity (Wildman–Crippen MR) is 89.4 cm³/mol. The van der Waals surface area contributed by atoms with Crippen LogP contribution in [0.1, 0.15) is 64.6 Å². The van der Waals surface area contributed by atoms with E-state index in [1.165, 1.54) is 50.8 Å². The summed E-state index contributed by atoms with van der Waals surface area (Å²) >= 11 is 0. The van der Waals surface area contributed by atoms with Crippen LogP contribution in [0.25, 0.3) is 0 Å². The second-order valence-electron chi connectivity index (χ2n) is 6.65. The summed E-state index contributed by atoms with van der Waals surface area (Å²) in [6.07, 6.45) is 15.0. The van der Waals surface area contributed by atoms with E-state index in [1.54, 1.807) is 0 Å². The quantitative estimate of drug-likeness (QED) is 0.783. The minimum Gasteiger partial charge on any atom is -0.335 e. The van der Waals surface area contributed by atoms with Crippen molar-refractivity contribution in [3.8, 4) is 0 Å². The van der Waals surface area contributed by atoms with Crippen LogP contribution in [0.5, 0.6) is 0 Å². The molecular weight excluding hydrogens is 258 g/mol. The molecule has 120 valence electrons. The molecule has 3 heteroatoms. The number of unbranched alkanes of at least 4 members (excludes halogenated alkanes) is 1. The average Bonchev–Trinajstić information content (AvgIpc) is 2.98. The van der Waals surface area contributed by atoms with Gasteiger partial charge in [-0.1, -0.05) is 39.0 Å². The van der Waals surface area contributed by atoms with Crippen molar-refractivity contribution >= 4 is 0 Å². The molecule has 1 N–H and O–H groups in total. The summed E-state index contributed by atoms with van der Waals surface area (Å²) in [5.74, 6) is 3.07. The fraction of sp³-hybridized carbons (Fsp3) is 0.833. The Hall–Kier alpha value is -0.830. The summed E-state index contributed by atoms with van der Waals surface area (Å²) < 4.78 is 2.28. The van der Waals surface area contributed by atoms with E-state index in [2.05, 4.69) is 42.0 Å². The third-order valence-electron chi connectivity index (χ3n) is 5.34. The summed E-state index contributed by atoms with van der Waals surface area (Å²) in [7, 11) is 2.12. The average molecular weight is 291 g/mol. The number of likely N-dealkylation sites (N-methyl/N-ethyl adjacent to an activating group) is 1. The standard InChI is InChI=1S/C18H33N3/c1-4-6-7-15-8-10-16(11-9-15)17(19-3)14-18-20-12-13-21(18)5-2/h12-13,15-17,19H,4-11,14H2,1-3H3. The van der Waals surface area contributed by atoms with Gasteiger partial charge in [-0.25, -0.2) is 4.98 Å². The topological polar surface area (TPSA) is 29.9 Å². The molecule has 1 fully saturated rings. The fourth-order valence-corrected chi connectivity index (χ4v) is 3.89. The van der Waals surface area contributed by atoms with Crippen molar-refractivity contribution < 1.29 is 0 Å². The maximum Gasteiger partial charge on any atom is 0.110 e. The normalized spacial score (nSPS) is 24.1. The number of rotatable bonds is 8. The minimum absolute atomic E-state index is 0.588. The smallest absolute Gasteiger partial charge is 0.110 e. The van der Waals surface area contributed by atoms with Crippen molar-refractivity contribution in [3.05, 3.63) is 18.2 Å². The van der Waals surface area contributed by atoms with Crippen molar-refractivity contribution in [2.24, 2.45) is 11.8 Å². The van der Waals surface area contributed by atoms with Gasteiger partial charge < -0.3 is 9.88 Å². The van der Waals surface area contributed by atoms with E-state index in [9.17, 15) is 0 Å². The number of hydrogen-bond donors (Lipinski definition) is 1. The Morgan fingerprint density at radius 3 is 2.67 bits per heavy atom. The lowest BCUT2D eigenvalue weighted by atomic mass is 9.76. The van der Waals surface area contributed by atoms with Crippen molar-refractivity contribution in [2.75, 3.05) is 7.05 Å². The van der Waals surface area contributed by atoms with Crippen LogP contribution in [0.3, 0.4) is 0 Å². The molecule has 0 radical (unpaired) electrons. The van der Waals surface area contributed by atoms with Gasteiger partial charge in [-0.05, 0) is 38.6 Å². The molecule has 1 aliphatic rings. The van der Waals surface area contributed by atoms with Crippen LogP contribution in [0.2, 0.25) is 0 Å². The second-order valence-corrected chi connectivity index (χ2v) is 6.65. The highest BCUT2D eigenvalue weighted by Gasteiger charge is 2.27. The molecule has 0 aromatic carbocycles. The number of aromatic nitrogens is 2. The first-order chi connectivity index (χ1) is 10.3. The Morgan fingerprint density at radius 1 is 1.29 bits per heavy atom. The molecule has 1 atom stereocenters. The van der Waals surface area contributed by atoms with Crippen molar-refractivity contribution in [3.63, 3.8) is 0 Å². The van der Waals surface area contributed by atoms with Crippen LogP contribution in [-0.4, -0.2) is 22.6 Å². The molecule has 21 heavy (non-hydrogen) atoms. The molecule has 1 aromatic heterocycles. The first-order valence-corrected chi connectivity index (χ1v) is 8.95. The summed E-state index contributed by atoms with van der Waals surface area (Å²) in [5, 5.41) is 3.57. The van der Waals surface area contributed by atoms with E-state index in [1.807, 2.05) is 6.20 Å². The summed E-state index contributed by atoms with van der Waals surface area (Å²) in [6, 6.07) is 0.588. The van der Waals surface area contributed by atoms with Gasteiger partial charge in [0.2, 0.25) is 0 Å². The maximum atomic E-state index is 4.55. The van der Waals surface area contributed by atoms with Crippen molar-refractivity contribution in [2.45, 2.75) is 77.8 Å². The van der Waals surface area contributed by atoms with Gasteiger partial charge in [-0.15, -0.1) is 0 Å². The monoisotopic (exact) mass is 291 g/mol. The number of hydrogen-bond acceptors (Lipinski definition) is 2. The second kappa shape index (κ2) is 8.57. The molecule has 0 amide bonds. The van der Waals surface area contributed by atoms with E-state index >= 15 is 0 Å². The Bertz CT molecular complexity index is 391. The highest BCUT2D eigenvalue weighted by molar-refractivity contribution is 4.97. The van der Waals surface area contributed by atoms with E-state index < -0.39 is 0 Å². The van der Waals surface area contributed by atoms with Crippen LogP contribution in [0.15, 0.2) is 12.4 Å². The Balaban J connectivity index is 1.85. The molecule has 1 unspecified atom stereocenters. The molecule has 0 saturated heterocycles. The molecule has 1 aromatic rings. The number of aryl methyl sites for hydroxylation is 1. The highest BCUT2D eigenvalue weighted by Crippen LogP contribution is 2.34. The maximum absolute atomic E-state index is 4.55. The lowest BCUT2D eigenvalue weighted by Gasteiger charge is -2.34. The number of imidazole rings is 1. The molecular formula is C18H33N3. The molecule has 0 spiro atoms. The molecule has 1 heterocycles. The fourth-order valence-electron chi connectivity index (χ4n) is 3.89. The third kappa shape index (κ3) is 4.57. The third-order valence-corrected chi connectivity index (χ3v) is 5.34. The van der Waals surface area contributed by atoms with Gasteiger partial charge in [0.05, 0.1) is 0 Å². The first-order valence-electron chi connectivity index (χ1n) is 8.95. The highest BCUT2D eigenvalue weighted by atomic mass is 15.1. The van der Waals surface area contributed by atoms with Gasteiger partial charge in [0.25, 0.3) is 0 Å². The Labute approximate surface area is 130 Å². The predicted octanol–water partition coefficient (Wildman–Crippen LogP) is 4.03. The first kappa shape index (κ1) is 16.5. The Kier molecular flexibility index (Phi) is 6.75. The number of nitrogens with one attached hydrogen (secondary N) is 1. The van der Waals surface area contributed by atoms with Crippen LogP contribution in [-0.2, 0) is 13.0 Å². The lowest BCUT2D eigenvalue weighted by molar-refractivity contribution is 0.214.